The van der Waals surface area contributed by atoms with Crippen molar-refractivity contribution in [1.29, 1.82) is 0 Å². The number of anilines is 3. The van der Waals surface area contributed by atoms with Gasteiger partial charge in [-0.05, 0) is 74.6 Å². The average molecular weight is 435 g/mol. The van der Waals surface area contributed by atoms with Gasteiger partial charge >= 0.3 is 6.03 Å². The molecule has 1 heterocycles. The summed E-state index contributed by atoms with van der Waals surface area (Å²) in [6.07, 6.45) is 8.02. The zero-order valence-corrected chi connectivity index (χ0v) is 18.9. The van der Waals surface area contributed by atoms with Gasteiger partial charge in [0.1, 0.15) is 0 Å². The van der Waals surface area contributed by atoms with E-state index in [0.29, 0.717) is 19.1 Å². The quantitative estimate of drug-likeness (QED) is 0.572. The molecule has 0 radical (unpaired) electrons. The number of piperidine rings is 1. The van der Waals surface area contributed by atoms with Gasteiger partial charge in [-0.1, -0.05) is 31.4 Å². The Morgan fingerprint density at radius 3 is 2.34 bits per heavy atom. The molecule has 0 aromatic heterocycles. The minimum atomic E-state index is -0.202. The van der Waals surface area contributed by atoms with Crippen LogP contribution in [0.3, 0.4) is 0 Å². The first-order valence-electron chi connectivity index (χ1n) is 11.9. The molecule has 4 rings (SSSR count). The molecule has 1 aliphatic heterocycles. The molecule has 32 heavy (non-hydrogen) atoms. The van der Waals surface area contributed by atoms with E-state index in [0.717, 1.165) is 35.5 Å². The number of nitrogens with one attached hydrogen (secondary N) is 3. The summed E-state index contributed by atoms with van der Waals surface area (Å²) in [7, 11) is 0. The van der Waals surface area contributed by atoms with Crippen LogP contribution in [0.25, 0.3) is 0 Å². The number of carbonyl (C=O) groups excluding carboxylic acids is 2. The topological polar surface area (TPSA) is 73.5 Å². The minimum Gasteiger partial charge on any atom is -0.382 e. The number of rotatable bonds is 5. The molecule has 3 N–H and O–H groups in total. The first-order chi connectivity index (χ1) is 15.6. The number of likely N-dealkylation sites (tertiary alicyclic amines) is 1. The highest BCUT2D eigenvalue weighted by Crippen LogP contribution is 2.24. The summed E-state index contributed by atoms with van der Waals surface area (Å²) in [6.45, 7) is 3.10. The van der Waals surface area contributed by atoms with E-state index >= 15 is 0 Å². The van der Waals surface area contributed by atoms with Crippen LogP contribution in [0.2, 0.25) is 0 Å². The van der Waals surface area contributed by atoms with E-state index in [1.165, 1.54) is 32.1 Å². The third-order valence-electron chi connectivity index (χ3n) is 6.48. The monoisotopic (exact) mass is 434 g/mol. The van der Waals surface area contributed by atoms with Crippen molar-refractivity contribution in [3.8, 4) is 0 Å². The van der Waals surface area contributed by atoms with Crippen LogP contribution in [0.4, 0.5) is 21.9 Å². The third-order valence-corrected chi connectivity index (χ3v) is 6.48. The second kappa shape index (κ2) is 10.5. The molecule has 2 aliphatic rings. The number of aryl methyl sites for hydroxylation is 1. The Labute approximate surface area is 190 Å². The number of urea groups is 1. The molecule has 2 aromatic rings. The Morgan fingerprint density at radius 2 is 1.59 bits per heavy atom. The van der Waals surface area contributed by atoms with Gasteiger partial charge < -0.3 is 20.9 Å². The standard InChI is InChI=1S/C26H34N4O2/c1-19-7-5-11-24(17-19)29-26(32)30-16-6-8-20(18-30)25(31)28-23-14-12-22(13-15-23)27-21-9-3-2-4-10-21/h5,7,11-15,17,20-21,27H,2-4,6,8-10,16,18H2,1H3,(H,28,31)(H,29,32). The van der Waals surface area contributed by atoms with Crippen molar-refractivity contribution in [3.63, 3.8) is 0 Å². The van der Waals surface area contributed by atoms with Gasteiger partial charge in [-0.2, -0.15) is 0 Å². The summed E-state index contributed by atoms with van der Waals surface area (Å²) < 4.78 is 0. The molecule has 1 saturated heterocycles. The first-order valence-corrected chi connectivity index (χ1v) is 11.9. The summed E-state index contributed by atoms with van der Waals surface area (Å²) in [5, 5.41) is 9.59. The molecule has 0 bridgehead atoms. The van der Waals surface area contributed by atoms with E-state index in [1.54, 1.807) is 4.90 Å². The fourth-order valence-corrected chi connectivity index (χ4v) is 4.68. The SMILES string of the molecule is Cc1cccc(NC(=O)N2CCCC(C(=O)Nc3ccc(NC4CCCCC4)cc3)C2)c1. The van der Waals surface area contributed by atoms with Gasteiger partial charge in [-0.3, -0.25) is 4.79 Å². The Bertz CT molecular complexity index is 922. The van der Waals surface area contributed by atoms with Crippen LogP contribution in [0.5, 0.6) is 0 Å². The second-order valence-electron chi connectivity index (χ2n) is 9.13. The van der Waals surface area contributed by atoms with Crippen LogP contribution >= 0.6 is 0 Å². The van der Waals surface area contributed by atoms with E-state index in [4.69, 9.17) is 0 Å². The summed E-state index contributed by atoms with van der Waals surface area (Å²) in [4.78, 5) is 27.3. The van der Waals surface area contributed by atoms with Crippen LogP contribution in [0.15, 0.2) is 48.5 Å². The van der Waals surface area contributed by atoms with Gasteiger partial charge in [0.2, 0.25) is 5.91 Å². The number of carbonyl (C=O) groups is 2. The highest BCUT2D eigenvalue weighted by atomic mass is 16.2. The fourth-order valence-electron chi connectivity index (χ4n) is 4.68. The molecule has 1 unspecified atom stereocenters. The zero-order chi connectivity index (χ0) is 22.3. The van der Waals surface area contributed by atoms with Gasteiger partial charge in [-0.25, -0.2) is 4.79 Å². The maximum absolute atomic E-state index is 12.9. The molecule has 1 aliphatic carbocycles. The number of benzene rings is 2. The summed E-state index contributed by atoms with van der Waals surface area (Å²) in [6, 6.07) is 16.1. The van der Waals surface area contributed by atoms with Crippen molar-refractivity contribution >= 4 is 29.0 Å². The van der Waals surface area contributed by atoms with E-state index in [2.05, 4.69) is 16.0 Å². The van der Waals surface area contributed by atoms with Crippen LogP contribution in [-0.4, -0.2) is 36.0 Å². The molecule has 1 atom stereocenters. The van der Waals surface area contributed by atoms with Crippen molar-refractivity contribution < 1.29 is 9.59 Å². The predicted octanol–water partition coefficient (Wildman–Crippen LogP) is 5.62. The highest BCUT2D eigenvalue weighted by Gasteiger charge is 2.28. The molecular formula is C26H34N4O2. The number of nitrogens with zero attached hydrogens (tertiary/aromatic N) is 1. The fraction of sp³-hybridized carbons (Fsp3) is 0.462. The largest absolute Gasteiger partial charge is 0.382 e. The van der Waals surface area contributed by atoms with Gasteiger partial charge in [0, 0.05) is 36.2 Å². The first kappa shape index (κ1) is 22.2. The van der Waals surface area contributed by atoms with Crippen molar-refractivity contribution in [2.75, 3.05) is 29.0 Å². The number of amides is 3. The minimum absolute atomic E-state index is 0.0222. The lowest BCUT2D eigenvalue weighted by Gasteiger charge is -2.32. The maximum Gasteiger partial charge on any atom is 0.321 e. The zero-order valence-electron chi connectivity index (χ0n) is 18.9. The lowest BCUT2D eigenvalue weighted by atomic mass is 9.95. The predicted molar refractivity (Wildman–Crippen MR) is 130 cm³/mol. The Balaban J connectivity index is 1.28. The number of hydrogen-bond acceptors (Lipinski definition) is 3. The lowest BCUT2D eigenvalue weighted by Crippen LogP contribution is -2.45. The van der Waals surface area contributed by atoms with Gasteiger partial charge in [0.25, 0.3) is 0 Å². The molecule has 6 nitrogen and oxygen atoms in total. The lowest BCUT2D eigenvalue weighted by molar-refractivity contribution is -0.121. The van der Waals surface area contributed by atoms with Gasteiger partial charge in [-0.15, -0.1) is 0 Å². The van der Waals surface area contributed by atoms with E-state index in [-0.39, 0.29) is 17.9 Å². The summed E-state index contributed by atoms with van der Waals surface area (Å²) in [5.41, 5.74) is 3.78. The molecule has 2 fully saturated rings. The van der Waals surface area contributed by atoms with Crippen LogP contribution < -0.4 is 16.0 Å². The molecule has 6 heteroatoms. The van der Waals surface area contributed by atoms with Crippen LogP contribution in [0, 0.1) is 12.8 Å². The van der Waals surface area contributed by atoms with Crippen LogP contribution in [0.1, 0.15) is 50.5 Å². The van der Waals surface area contributed by atoms with E-state index in [1.807, 2.05) is 55.5 Å². The number of hydrogen-bond donors (Lipinski definition) is 3. The van der Waals surface area contributed by atoms with Crippen molar-refractivity contribution in [2.45, 2.75) is 57.9 Å². The average Bonchev–Trinajstić information content (AvgIpc) is 2.81. The smallest absolute Gasteiger partial charge is 0.321 e. The van der Waals surface area contributed by atoms with Gasteiger partial charge in [0.15, 0.2) is 0 Å². The Kier molecular flexibility index (Phi) is 7.30. The second-order valence-corrected chi connectivity index (χ2v) is 9.13. The molecule has 3 amide bonds. The molecule has 170 valence electrons. The molecule has 0 spiro atoms. The Morgan fingerprint density at radius 1 is 0.844 bits per heavy atom. The Hall–Kier alpha value is -3.02. The maximum atomic E-state index is 12.9. The normalized spacial score (nSPS) is 19.3. The highest BCUT2D eigenvalue weighted by molar-refractivity contribution is 5.94. The van der Waals surface area contributed by atoms with Crippen molar-refractivity contribution in [3.05, 3.63) is 54.1 Å². The molecular weight excluding hydrogens is 400 g/mol. The van der Waals surface area contributed by atoms with Crippen LogP contribution in [-0.2, 0) is 4.79 Å². The van der Waals surface area contributed by atoms with Crippen molar-refractivity contribution in [1.82, 2.24) is 4.90 Å². The third kappa shape index (κ3) is 6.02. The van der Waals surface area contributed by atoms with E-state index < -0.39 is 0 Å². The van der Waals surface area contributed by atoms with E-state index in [9.17, 15) is 9.59 Å². The summed E-state index contributed by atoms with van der Waals surface area (Å²) >= 11 is 0. The van der Waals surface area contributed by atoms with Crippen molar-refractivity contribution in [2.24, 2.45) is 5.92 Å². The molecule has 1 saturated carbocycles. The molecule has 2 aromatic carbocycles. The summed E-state index contributed by atoms with van der Waals surface area (Å²) in [5.74, 6) is -0.224. The van der Waals surface area contributed by atoms with Gasteiger partial charge in [0.05, 0.1) is 5.92 Å².